The molecule has 0 saturated carbocycles. The van der Waals surface area contributed by atoms with Crippen LogP contribution in [0.15, 0.2) is 47.9 Å². The lowest BCUT2D eigenvalue weighted by Gasteiger charge is -2.27. The SMILES string of the molecule is CC(C)(C)C(=O)OCOP(=O)(OCOC(=O)C(C)(C)C)C(C(=O)CNC/C=C/c1ccc(F)c(F)c1)c1csc2ccc(Cl)cc12. The van der Waals surface area contributed by atoms with Gasteiger partial charge in [0.2, 0.25) is 13.6 Å². The minimum atomic E-state index is -4.60. The molecule has 1 unspecified atom stereocenters. The van der Waals surface area contributed by atoms with Gasteiger partial charge in [0.05, 0.1) is 17.4 Å². The predicted molar refractivity (Wildman–Crippen MR) is 173 cm³/mol. The molecule has 0 aliphatic heterocycles. The van der Waals surface area contributed by atoms with Crippen LogP contribution in [0.4, 0.5) is 8.78 Å². The summed E-state index contributed by atoms with van der Waals surface area (Å²) >= 11 is 7.54. The van der Waals surface area contributed by atoms with Gasteiger partial charge in [-0.2, -0.15) is 0 Å². The number of hydrogen-bond acceptors (Lipinski definition) is 10. The van der Waals surface area contributed by atoms with E-state index in [1.54, 1.807) is 71.2 Å². The van der Waals surface area contributed by atoms with Crippen LogP contribution in [0, 0.1) is 22.5 Å². The topological polar surface area (TPSA) is 117 Å². The van der Waals surface area contributed by atoms with Crippen LogP contribution in [0.3, 0.4) is 0 Å². The van der Waals surface area contributed by atoms with E-state index in [2.05, 4.69) is 5.32 Å². The summed E-state index contributed by atoms with van der Waals surface area (Å²) in [5, 5.41) is 5.44. The van der Waals surface area contributed by atoms with Crippen molar-refractivity contribution in [2.45, 2.75) is 47.2 Å². The summed E-state index contributed by atoms with van der Waals surface area (Å²) in [6.07, 6.45) is 3.13. The van der Waals surface area contributed by atoms with Gasteiger partial charge in [-0.05, 0) is 93.8 Å². The lowest BCUT2D eigenvalue weighted by atomic mass is 9.98. The van der Waals surface area contributed by atoms with Gasteiger partial charge < -0.3 is 14.8 Å². The number of carbonyl (C=O) groups excluding carboxylic acids is 3. The molecular weight excluding hydrogens is 663 g/mol. The predicted octanol–water partition coefficient (Wildman–Crippen LogP) is 8.07. The van der Waals surface area contributed by atoms with E-state index in [0.29, 0.717) is 21.5 Å². The second-order valence-corrected chi connectivity index (χ2v) is 15.8. The molecule has 0 aliphatic rings. The van der Waals surface area contributed by atoms with E-state index in [-0.39, 0.29) is 13.1 Å². The number of Topliss-reactive ketones (excluding diaryl/α,β-unsaturated/α-hetero) is 1. The first kappa shape index (κ1) is 37.5. The van der Waals surface area contributed by atoms with Gasteiger partial charge in [0, 0.05) is 16.3 Å². The quantitative estimate of drug-likeness (QED) is 0.0772. The fourth-order valence-electron chi connectivity index (χ4n) is 3.87. The molecule has 2 aromatic carbocycles. The summed E-state index contributed by atoms with van der Waals surface area (Å²) in [5.74, 6) is -3.88. The molecule has 0 bridgehead atoms. The Hall–Kier alpha value is -2.99. The van der Waals surface area contributed by atoms with Gasteiger partial charge in [-0.25, -0.2) is 8.78 Å². The molecule has 0 radical (unpaired) electrons. The first-order valence-corrected chi connectivity index (χ1v) is 17.0. The monoisotopic (exact) mass is 699 g/mol. The number of hydrogen-bond donors (Lipinski definition) is 1. The Balaban J connectivity index is 1.92. The maximum absolute atomic E-state index is 14.6. The van der Waals surface area contributed by atoms with E-state index in [1.165, 1.54) is 23.5 Å². The van der Waals surface area contributed by atoms with Crippen LogP contribution < -0.4 is 5.32 Å². The van der Waals surface area contributed by atoms with Crippen LogP contribution in [-0.4, -0.2) is 44.4 Å². The summed E-state index contributed by atoms with van der Waals surface area (Å²) in [5.41, 5.74) is -2.65. The van der Waals surface area contributed by atoms with Crippen LogP contribution in [0.5, 0.6) is 0 Å². The molecule has 0 fully saturated rings. The van der Waals surface area contributed by atoms with Crippen molar-refractivity contribution in [2.75, 3.05) is 26.7 Å². The van der Waals surface area contributed by atoms with E-state index in [9.17, 15) is 27.7 Å². The Morgan fingerprint density at radius 3 is 2.11 bits per heavy atom. The number of halogens is 3. The summed E-state index contributed by atoms with van der Waals surface area (Å²) in [6, 6.07) is 8.47. The second-order valence-electron chi connectivity index (χ2n) is 12.3. The minimum Gasteiger partial charge on any atom is -0.438 e. The van der Waals surface area contributed by atoms with E-state index < -0.39 is 67.0 Å². The normalized spacial score (nSPS) is 13.2. The second kappa shape index (κ2) is 15.7. The van der Waals surface area contributed by atoms with Crippen LogP contribution in [0.25, 0.3) is 16.2 Å². The first-order valence-electron chi connectivity index (χ1n) is 14.2. The molecule has 0 amide bonds. The Kier molecular flexibility index (Phi) is 12.8. The zero-order valence-corrected chi connectivity index (χ0v) is 28.8. The van der Waals surface area contributed by atoms with Crippen molar-refractivity contribution >= 4 is 64.4 Å². The van der Waals surface area contributed by atoms with Crippen molar-refractivity contribution in [2.24, 2.45) is 10.8 Å². The van der Waals surface area contributed by atoms with E-state index in [0.717, 1.165) is 16.8 Å². The van der Waals surface area contributed by atoms with Crippen LogP contribution in [0.1, 0.15) is 58.3 Å². The Labute approximate surface area is 275 Å². The van der Waals surface area contributed by atoms with Crippen molar-refractivity contribution in [3.8, 4) is 0 Å². The van der Waals surface area contributed by atoms with Gasteiger partial charge >= 0.3 is 19.5 Å². The molecule has 3 rings (SSSR count). The molecule has 3 aromatic rings. The zero-order chi connectivity index (χ0) is 34.3. The van der Waals surface area contributed by atoms with Crippen molar-refractivity contribution in [3.63, 3.8) is 0 Å². The van der Waals surface area contributed by atoms with Gasteiger partial charge in [-0.3, -0.25) is 28.0 Å². The number of ether oxygens (including phenoxy) is 2. The van der Waals surface area contributed by atoms with Crippen molar-refractivity contribution in [3.05, 3.63) is 75.6 Å². The summed E-state index contributed by atoms with van der Waals surface area (Å²) in [7, 11) is -4.60. The number of rotatable bonds is 14. The van der Waals surface area contributed by atoms with Crippen LogP contribution in [0.2, 0.25) is 5.02 Å². The third-order valence-electron chi connectivity index (χ3n) is 6.37. The molecule has 9 nitrogen and oxygen atoms in total. The number of thiophene rings is 1. The lowest BCUT2D eigenvalue weighted by Crippen LogP contribution is -2.30. The highest BCUT2D eigenvalue weighted by Gasteiger charge is 2.45. The molecule has 1 N–H and O–H groups in total. The molecule has 1 atom stereocenters. The zero-order valence-electron chi connectivity index (χ0n) is 26.4. The Morgan fingerprint density at radius 1 is 0.935 bits per heavy atom. The summed E-state index contributed by atoms with van der Waals surface area (Å²) < 4.78 is 63.7. The standard InChI is InChI=1S/C32H37ClF2NO8PS/c1-31(2,3)29(38)41-18-43-45(40,44-19-42-30(39)32(4,5)6)28(23-17-46-27-12-10-21(33)15-22(23)27)26(37)16-36-13-7-8-20-9-11-24(34)25(35)14-20/h7-12,14-15,17,28,36H,13,16,18-19H2,1-6H3/b8-7+. The molecule has 250 valence electrons. The number of esters is 2. The van der Waals surface area contributed by atoms with Crippen LogP contribution in [-0.2, 0) is 37.5 Å². The molecule has 0 aliphatic carbocycles. The largest absolute Gasteiger partial charge is 0.438 e. The highest BCUT2D eigenvalue weighted by molar-refractivity contribution is 7.55. The third kappa shape index (κ3) is 10.3. The van der Waals surface area contributed by atoms with Crippen molar-refractivity contribution in [1.82, 2.24) is 5.32 Å². The molecule has 14 heteroatoms. The Morgan fingerprint density at radius 2 is 1.54 bits per heavy atom. The maximum Gasteiger partial charge on any atom is 0.351 e. The third-order valence-corrected chi connectivity index (χ3v) is 9.71. The molecule has 1 heterocycles. The highest BCUT2D eigenvalue weighted by atomic mass is 35.5. The first-order chi connectivity index (χ1) is 21.4. The smallest absolute Gasteiger partial charge is 0.351 e. The molecule has 0 spiro atoms. The van der Waals surface area contributed by atoms with E-state index in [4.69, 9.17) is 30.1 Å². The number of ketones is 1. The molecule has 1 aromatic heterocycles. The van der Waals surface area contributed by atoms with Crippen molar-refractivity contribution in [1.29, 1.82) is 0 Å². The molecule has 46 heavy (non-hydrogen) atoms. The van der Waals surface area contributed by atoms with E-state index >= 15 is 0 Å². The average molecular weight is 700 g/mol. The number of fused-ring (bicyclic) bond motifs is 1. The van der Waals surface area contributed by atoms with Gasteiger partial charge in [0.15, 0.2) is 17.4 Å². The fraction of sp³-hybridized carbons (Fsp3) is 0.406. The molecular formula is C32H37ClF2NO8PS. The number of nitrogens with one attached hydrogen (secondary N) is 1. The summed E-state index contributed by atoms with van der Waals surface area (Å²) in [4.78, 5) is 38.7. The number of carbonyl (C=O) groups is 3. The van der Waals surface area contributed by atoms with Gasteiger partial charge in [-0.1, -0.05) is 29.8 Å². The lowest BCUT2D eigenvalue weighted by molar-refractivity contribution is -0.162. The highest BCUT2D eigenvalue weighted by Crippen LogP contribution is 2.63. The van der Waals surface area contributed by atoms with Gasteiger partial charge in [0.1, 0.15) is 5.66 Å². The Bertz CT molecular complexity index is 1610. The summed E-state index contributed by atoms with van der Waals surface area (Å²) in [6.45, 7) is 7.92. The maximum atomic E-state index is 14.6. The van der Waals surface area contributed by atoms with Crippen molar-refractivity contribution < 1.29 is 46.3 Å². The average Bonchev–Trinajstić information content (AvgIpc) is 3.36. The minimum absolute atomic E-state index is 0.131. The fourth-order valence-corrected chi connectivity index (χ4v) is 6.88. The van der Waals surface area contributed by atoms with Crippen LogP contribution >= 0.6 is 30.5 Å². The molecule has 0 saturated heterocycles. The van der Waals surface area contributed by atoms with Gasteiger partial charge in [0.25, 0.3) is 0 Å². The van der Waals surface area contributed by atoms with E-state index in [1.807, 2.05) is 0 Å². The number of benzene rings is 2. The van der Waals surface area contributed by atoms with Gasteiger partial charge in [-0.15, -0.1) is 11.3 Å².